The molecule has 0 amide bonds. The molecule has 0 aliphatic rings. The van der Waals surface area contributed by atoms with Crippen molar-refractivity contribution < 1.29 is 42.6 Å². The zero-order chi connectivity index (χ0) is 9.14. The predicted molar refractivity (Wildman–Crippen MR) is 46.1 cm³/mol. The van der Waals surface area contributed by atoms with E-state index in [1.165, 1.54) is 0 Å². The molecule has 1 aromatic rings. The summed E-state index contributed by atoms with van der Waals surface area (Å²) in [7, 11) is 0. The van der Waals surface area contributed by atoms with Gasteiger partial charge in [0, 0.05) is 5.56 Å². The topological polar surface area (TPSA) is 37.3 Å². The zero-order valence-corrected chi connectivity index (χ0v) is 10.2. The minimum absolute atomic E-state index is 0. The van der Waals surface area contributed by atoms with E-state index < -0.39 is 5.97 Å². The van der Waals surface area contributed by atoms with Gasteiger partial charge >= 0.3 is 38.7 Å². The second-order valence-electron chi connectivity index (χ2n) is 2.51. The van der Waals surface area contributed by atoms with Gasteiger partial charge in [0.2, 0.25) is 0 Å². The van der Waals surface area contributed by atoms with E-state index in [9.17, 15) is 4.79 Å². The van der Waals surface area contributed by atoms with Crippen LogP contribution in [0.25, 0.3) is 0 Å². The van der Waals surface area contributed by atoms with Crippen molar-refractivity contribution in [2.45, 2.75) is 6.92 Å². The SMILES string of the molecule is C=[C-]c1cc(C(=O)O)ccc1C.[Y+3]. The Kier molecular flexibility index (Phi) is 5.11. The molecule has 2 nitrogen and oxygen atoms in total. The number of rotatable bonds is 2. The Morgan fingerprint density at radius 3 is 2.62 bits per heavy atom. The largest absolute Gasteiger partial charge is 3.00 e. The van der Waals surface area contributed by atoms with Crippen LogP contribution in [-0.4, -0.2) is 11.1 Å². The first-order chi connectivity index (χ1) is 5.65. The van der Waals surface area contributed by atoms with Crippen molar-refractivity contribution in [1.82, 2.24) is 0 Å². The van der Waals surface area contributed by atoms with Crippen LogP contribution >= 0.6 is 0 Å². The molecule has 3 heteroatoms. The molecule has 0 saturated carbocycles. The third-order valence-corrected chi connectivity index (χ3v) is 1.67. The molecule has 62 valence electrons. The molecule has 0 aliphatic carbocycles. The summed E-state index contributed by atoms with van der Waals surface area (Å²) in [4.78, 5) is 10.5. The van der Waals surface area contributed by atoms with Crippen molar-refractivity contribution in [3.8, 4) is 0 Å². The number of hydrogen-bond donors (Lipinski definition) is 1. The van der Waals surface area contributed by atoms with Crippen LogP contribution in [0.1, 0.15) is 21.5 Å². The number of carboxylic acids is 1. The fourth-order valence-corrected chi connectivity index (χ4v) is 0.945. The number of aromatic carboxylic acids is 1. The fourth-order valence-electron chi connectivity index (χ4n) is 0.945. The molecule has 1 rings (SSSR count). The Hall–Kier alpha value is -0.466. The fraction of sp³-hybridized carbons (Fsp3) is 0.100. The van der Waals surface area contributed by atoms with Gasteiger partial charge in [-0.3, -0.25) is 0 Å². The van der Waals surface area contributed by atoms with Crippen LogP contribution in [0.4, 0.5) is 0 Å². The van der Waals surface area contributed by atoms with Crippen LogP contribution < -0.4 is 0 Å². The zero-order valence-electron chi connectivity index (χ0n) is 7.37. The van der Waals surface area contributed by atoms with E-state index >= 15 is 0 Å². The van der Waals surface area contributed by atoms with Crippen molar-refractivity contribution >= 4 is 5.97 Å². The van der Waals surface area contributed by atoms with Gasteiger partial charge < -0.3 is 5.11 Å². The maximum absolute atomic E-state index is 10.5. The molecule has 0 aliphatic heterocycles. The van der Waals surface area contributed by atoms with E-state index in [1.54, 1.807) is 18.2 Å². The van der Waals surface area contributed by atoms with Crippen molar-refractivity contribution in [3.05, 3.63) is 47.5 Å². The molecule has 0 atom stereocenters. The first-order valence-corrected chi connectivity index (χ1v) is 3.52. The number of hydrogen-bond acceptors (Lipinski definition) is 1. The maximum atomic E-state index is 10.5. The van der Waals surface area contributed by atoms with Gasteiger partial charge in [0.05, 0.1) is 0 Å². The van der Waals surface area contributed by atoms with Gasteiger partial charge in [-0.1, -0.05) is 13.0 Å². The van der Waals surface area contributed by atoms with E-state index in [4.69, 9.17) is 5.11 Å². The first-order valence-electron chi connectivity index (χ1n) is 3.52. The summed E-state index contributed by atoms with van der Waals surface area (Å²) in [6.07, 6.45) is 2.68. The van der Waals surface area contributed by atoms with Gasteiger partial charge in [-0.25, -0.2) is 4.79 Å². The summed E-state index contributed by atoms with van der Waals surface area (Å²) < 4.78 is 0. The van der Waals surface area contributed by atoms with Crippen LogP contribution in [0, 0.1) is 13.0 Å². The number of aryl methyl sites for hydroxylation is 1. The van der Waals surface area contributed by atoms with Gasteiger partial charge in [-0.2, -0.15) is 23.8 Å². The third-order valence-electron chi connectivity index (χ3n) is 1.67. The molecular formula is C10H9O2Y+2. The smallest absolute Gasteiger partial charge is 0.478 e. The van der Waals surface area contributed by atoms with Gasteiger partial charge in [0.1, 0.15) is 0 Å². The average molecular weight is 250 g/mol. The van der Waals surface area contributed by atoms with E-state index in [0.29, 0.717) is 0 Å². The molecular weight excluding hydrogens is 241 g/mol. The van der Waals surface area contributed by atoms with Crippen molar-refractivity contribution in [1.29, 1.82) is 0 Å². The summed E-state index contributed by atoms with van der Waals surface area (Å²) >= 11 is 0. The number of carboxylic acid groups (broad SMARTS) is 1. The molecule has 0 saturated heterocycles. The number of carbonyl (C=O) groups is 1. The van der Waals surface area contributed by atoms with Gasteiger partial charge in [0.15, 0.2) is 0 Å². The Morgan fingerprint density at radius 2 is 2.15 bits per heavy atom. The third kappa shape index (κ3) is 3.05. The van der Waals surface area contributed by atoms with Gasteiger partial charge in [-0.05, 0) is 0 Å². The van der Waals surface area contributed by atoms with Gasteiger partial charge in [0.25, 0.3) is 0 Å². The Labute approximate surface area is 103 Å². The molecule has 0 radical (unpaired) electrons. The molecule has 1 N–H and O–H groups in total. The molecule has 0 aromatic heterocycles. The van der Waals surface area contributed by atoms with Crippen LogP contribution in [0.3, 0.4) is 0 Å². The molecule has 0 fully saturated rings. The van der Waals surface area contributed by atoms with Crippen LogP contribution in [0.5, 0.6) is 0 Å². The van der Waals surface area contributed by atoms with E-state index in [2.05, 4.69) is 12.7 Å². The molecule has 0 spiro atoms. The summed E-state index contributed by atoms with van der Waals surface area (Å²) in [5, 5.41) is 8.65. The van der Waals surface area contributed by atoms with E-state index in [-0.39, 0.29) is 38.3 Å². The van der Waals surface area contributed by atoms with Crippen LogP contribution in [0.15, 0.2) is 24.8 Å². The van der Waals surface area contributed by atoms with Crippen LogP contribution in [0.2, 0.25) is 0 Å². The minimum Gasteiger partial charge on any atom is -0.478 e. The average Bonchev–Trinajstić information content (AvgIpc) is 2.05. The quantitative estimate of drug-likeness (QED) is 0.815. The maximum Gasteiger partial charge on any atom is 3.00 e. The predicted octanol–water partition coefficient (Wildman–Crippen LogP) is 2.03. The van der Waals surface area contributed by atoms with Crippen molar-refractivity contribution in [2.75, 3.05) is 0 Å². The molecule has 1 aromatic carbocycles. The minimum atomic E-state index is -0.925. The molecule has 0 bridgehead atoms. The Morgan fingerprint density at radius 1 is 1.54 bits per heavy atom. The molecule has 0 unspecified atom stereocenters. The second kappa shape index (κ2) is 5.30. The monoisotopic (exact) mass is 250 g/mol. The second-order valence-corrected chi connectivity index (χ2v) is 2.51. The summed E-state index contributed by atoms with van der Waals surface area (Å²) in [6, 6.07) is 4.88. The summed E-state index contributed by atoms with van der Waals surface area (Å²) in [5.74, 6) is -0.925. The molecule has 0 heterocycles. The first kappa shape index (κ1) is 12.5. The summed E-state index contributed by atoms with van der Waals surface area (Å²) in [5.41, 5.74) is 2.00. The van der Waals surface area contributed by atoms with Crippen LogP contribution in [-0.2, 0) is 32.7 Å². The number of benzene rings is 1. The van der Waals surface area contributed by atoms with Crippen molar-refractivity contribution in [2.24, 2.45) is 0 Å². The Bertz CT molecular complexity index is 332. The standard InChI is InChI=1S/C10H9O2.Y/c1-3-8-6-9(10(11)12)5-4-7(8)2;/h4-6H,1H2,2H3,(H,11,12);/q-1;+3. The van der Waals surface area contributed by atoms with Gasteiger partial charge in [-0.15, -0.1) is 12.1 Å². The molecule has 13 heavy (non-hydrogen) atoms. The normalized spacial score (nSPS) is 8.69. The van der Waals surface area contributed by atoms with E-state index in [0.717, 1.165) is 11.1 Å². The Balaban J connectivity index is 0.00000144. The van der Waals surface area contributed by atoms with E-state index in [1.807, 2.05) is 6.92 Å². The van der Waals surface area contributed by atoms with Crippen molar-refractivity contribution in [3.63, 3.8) is 0 Å². The summed E-state index contributed by atoms with van der Waals surface area (Å²) in [6.45, 7) is 5.36.